The molecule has 3 rings (SSSR count). The highest BCUT2D eigenvalue weighted by atomic mass is 16.5. The summed E-state index contributed by atoms with van der Waals surface area (Å²) in [6.07, 6.45) is 1.87. The molecule has 0 unspecified atom stereocenters. The molecule has 0 radical (unpaired) electrons. The Morgan fingerprint density at radius 3 is 2.17 bits per heavy atom. The Labute approximate surface area is 173 Å². The van der Waals surface area contributed by atoms with Crippen molar-refractivity contribution < 1.29 is 19.0 Å². The monoisotopic (exact) mass is 398 g/mol. The minimum Gasteiger partial charge on any atom is -0.493 e. The number of amides is 1. The van der Waals surface area contributed by atoms with Crippen LogP contribution in [0.25, 0.3) is 0 Å². The Morgan fingerprint density at radius 2 is 1.62 bits per heavy atom. The summed E-state index contributed by atoms with van der Waals surface area (Å²) in [4.78, 5) is 16.6. The number of nitrogens with zero attached hydrogens (tertiary/aromatic N) is 2. The molecule has 29 heavy (non-hydrogen) atoms. The number of piperidine rings is 1. The molecular weight excluding hydrogens is 368 g/mol. The van der Waals surface area contributed by atoms with E-state index in [1.54, 1.807) is 28.3 Å². The minimum atomic E-state index is 0.0937. The zero-order valence-corrected chi connectivity index (χ0v) is 17.7. The summed E-state index contributed by atoms with van der Waals surface area (Å²) in [5.41, 5.74) is 2.04. The van der Waals surface area contributed by atoms with Gasteiger partial charge in [-0.3, -0.25) is 9.69 Å². The third-order valence-corrected chi connectivity index (χ3v) is 5.48. The molecule has 6 nitrogen and oxygen atoms in total. The Hall–Kier alpha value is -2.73. The van der Waals surface area contributed by atoms with E-state index in [4.69, 9.17) is 14.2 Å². The Balaban J connectivity index is 1.69. The Kier molecular flexibility index (Phi) is 6.99. The summed E-state index contributed by atoms with van der Waals surface area (Å²) in [6, 6.07) is 14.1. The van der Waals surface area contributed by atoms with Gasteiger partial charge in [-0.1, -0.05) is 24.3 Å². The fraction of sp³-hybridized carbons (Fsp3) is 0.435. The first-order valence-electron chi connectivity index (χ1n) is 9.94. The number of benzene rings is 2. The van der Waals surface area contributed by atoms with Crippen molar-refractivity contribution in [1.29, 1.82) is 0 Å². The number of anilines is 1. The number of carbonyl (C=O) groups is 1. The smallest absolute Gasteiger partial charge is 0.224 e. The molecule has 1 saturated heterocycles. The van der Waals surface area contributed by atoms with Gasteiger partial charge in [-0.2, -0.15) is 0 Å². The molecule has 2 aromatic carbocycles. The quantitative estimate of drug-likeness (QED) is 0.711. The van der Waals surface area contributed by atoms with E-state index in [0.717, 1.165) is 43.7 Å². The normalized spacial score (nSPS) is 15.0. The van der Waals surface area contributed by atoms with Crippen LogP contribution in [0.3, 0.4) is 0 Å². The van der Waals surface area contributed by atoms with Crippen molar-refractivity contribution in [3.63, 3.8) is 0 Å². The highest BCUT2D eigenvalue weighted by Gasteiger charge is 2.28. The highest BCUT2D eigenvalue weighted by molar-refractivity contribution is 5.92. The summed E-state index contributed by atoms with van der Waals surface area (Å²) < 4.78 is 16.5. The summed E-state index contributed by atoms with van der Waals surface area (Å²) in [7, 11) is 4.89. The van der Waals surface area contributed by atoms with Gasteiger partial charge >= 0.3 is 0 Å². The van der Waals surface area contributed by atoms with E-state index in [1.165, 1.54) is 0 Å². The molecule has 1 amide bonds. The van der Waals surface area contributed by atoms with Gasteiger partial charge in [0, 0.05) is 43.9 Å². The Bertz CT molecular complexity index is 817. The molecular formula is C23H30N2O4. The molecule has 6 heteroatoms. The largest absolute Gasteiger partial charge is 0.493 e. The van der Waals surface area contributed by atoms with Crippen molar-refractivity contribution in [2.45, 2.75) is 32.4 Å². The number of carbonyl (C=O) groups excluding carboxylic acids is 1. The van der Waals surface area contributed by atoms with Gasteiger partial charge in [0.25, 0.3) is 0 Å². The fourth-order valence-electron chi connectivity index (χ4n) is 4.10. The highest BCUT2D eigenvalue weighted by Crippen LogP contribution is 2.40. The SMILES string of the molecule is COc1ccc(CN2CCC(N(C(C)=O)c3ccccc3)CC2)c(OC)c1OC. The van der Waals surface area contributed by atoms with E-state index in [-0.39, 0.29) is 11.9 Å². The van der Waals surface area contributed by atoms with E-state index in [9.17, 15) is 4.79 Å². The fourth-order valence-corrected chi connectivity index (χ4v) is 4.10. The number of rotatable bonds is 7. The summed E-state index contributed by atoms with van der Waals surface area (Å²) in [5.74, 6) is 2.08. The molecule has 1 heterocycles. The molecule has 156 valence electrons. The molecule has 1 aliphatic heterocycles. The first-order chi connectivity index (χ1) is 14.1. The van der Waals surface area contributed by atoms with Crippen LogP contribution in [-0.2, 0) is 11.3 Å². The zero-order valence-electron chi connectivity index (χ0n) is 17.7. The van der Waals surface area contributed by atoms with E-state index in [1.807, 2.05) is 47.4 Å². The number of hydrogen-bond acceptors (Lipinski definition) is 5. The van der Waals surface area contributed by atoms with E-state index in [0.29, 0.717) is 17.2 Å². The second-order valence-corrected chi connectivity index (χ2v) is 7.23. The van der Waals surface area contributed by atoms with Crippen molar-refractivity contribution >= 4 is 11.6 Å². The van der Waals surface area contributed by atoms with Gasteiger partial charge in [0.2, 0.25) is 11.7 Å². The summed E-state index contributed by atoms with van der Waals surface area (Å²) >= 11 is 0. The first kappa shape index (κ1) is 21.0. The van der Waals surface area contributed by atoms with Gasteiger partial charge in [0.05, 0.1) is 21.3 Å². The lowest BCUT2D eigenvalue weighted by Crippen LogP contribution is -2.46. The first-order valence-corrected chi connectivity index (χ1v) is 9.94. The lowest BCUT2D eigenvalue weighted by Gasteiger charge is -2.38. The van der Waals surface area contributed by atoms with Gasteiger partial charge in [-0.15, -0.1) is 0 Å². The maximum Gasteiger partial charge on any atom is 0.224 e. The van der Waals surface area contributed by atoms with E-state index in [2.05, 4.69) is 4.90 Å². The standard InChI is InChI=1S/C23H30N2O4/c1-17(26)25(19-8-6-5-7-9-19)20-12-14-24(15-13-20)16-18-10-11-21(27-2)23(29-4)22(18)28-3/h5-11,20H,12-16H2,1-4H3. The number of likely N-dealkylation sites (tertiary alicyclic amines) is 1. The predicted octanol–water partition coefficient (Wildman–Crippen LogP) is 3.73. The van der Waals surface area contributed by atoms with Crippen molar-refractivity contribution in [3.8, 4) is 17.2 Å². The summed E-state index contributed by atoms with van der Waals surface area (Å²) in [6.45, 7) is 4.24. The maximum absolute atomic E-state index is 12.3. The van der Waals surface area contributed by atoms with Crippen LogP contribution in [-0.4, -0.2) is 51.3 Å². The van der Waals surface area contributed by atoms with Crippen LogP contribution < -0.4 is 19.1 Å². The summed E-state index contributed by atoms with van der Waals surface area (Å²) in [5, 5.41) is 0. The number of hydrogen-bond donors (Lipinski definition) is 0. The lowest BCUT2D eigenvalue weighted by molar-refractivity contribution is -0.117. The molecule has 0 spiro atoms. The van der Waals surface area contributed by atoms with Gasteiger partial charge in [0.15, 0.2) is 11.5 Å². The molecule has 1 fully saturated rings. The van der Waals surface area contributed by atoms with Crippen molar-refractivity contribution in [2.75, 3.05) is 39.3 Å². The third-order valence-electron chi connectivity index (χ3n) is 5.48. The Morgan fingerprint density at radius 1 is 0.966 bits per heavy atom. The second-order valence-electron chi connectivity index (χ2n) is 7.23. The topological polar surface area (TPSA) is 51.2 Å². The van der Waals surface area contributed by atoms with Crippen LogP contribution in [0.2, 0.25) is 0 Å². The number of ether oxygens (including phenoxy) is 3. The van der Waals surface area contributed by atoms with Gasteiger partial charge < -0.3 is 19.1 Å². The van der Waals surface area contributed by atoms with E-state index < -0.39 is 0 Å². The molecule has 1 aliphatic rings. The van der Waals surface area contributed by atoms with E-state index >= 15 is 0 Å². The van der Waals surface area contributed by atoms with Gasteiger partial charge in [-0.25, -0.2) is 0 Å². The lowest BCUT2D eigenvalue weighted by atomic mass is 10.0. The molecule has 0 saturated carbocycles. The van der Waals surface area contributed by atoms with Crippen LogP contribution in [0.15, 0.2) is 42.5 Å². The second kappa shape index (κ2) is 9.65. The average molecular weight is 399 g/mol. The van der Waals surface area contributed by atoms with Crippen molar-refractivity contribution in [3.05, 3.63) is 48.0 Å². The van der Waals surface area contributed by atoms with Gasteiger partial charge in [0.1, 0.15) is 0 Å². The number of para-hydroxylation sites is 1. The minimum absolute atomic E-state index is 0.0937. The molecule has 0 bridgehead atoms. The van der Waals surface area contributed by atoms with Crippen LogP contribution in [0.5, 0.6) is 17.2 Å². The maximum atomic E-state index is 12.3. The van der Waals surface area contributed by atoms with Crippen LogP contribution in [0.1, 0.15) is 25.3 Å². The van der Waals surface area contributed by atoms with Gasteiger partial charge in [-0.05, 0) is 31.0 Å². The van der Waals surface area contributed by atoms with Crippen molar-refractivity contribution in [2.24, 2.45) is 0 Å². The molecule has 0 atom stereocenters. The number of methoxy groups -OCH3 is 3. The van der Waals surface area contributed by atoms with Crippen molar-refractivity contribution in [1.82, 2.24) is 4.90 Å². The molecule has 0 aromatic heterocycles. The van der Waals surface area contributed by atoms with Crippen LogP contribution in [0.4, 0.5) is 5.69 Å². The third kappa shape index (κ3) is 4.65. The van der Waals surface area contributed by atoms with Crippen LogP contribution >= 0.6 is 0 Å². The average Bonchev–Trinajstić information content (AvgIpc) is 2.75. The predicted molar refractivity (Wildman–Crippen MR) is 114 cm³/mol. The molecule has 0 N–H and O–H groups in total. The zero-order chi connectivity index (χ0) is 20.8. The van der Waals surface area contributed by atoms with Crippen LogP contribution in [0, 0.1) is 0 Å². The molecule has 2 aromatic rings. The molecule has 0 aliphatic carbocycles.